The number of nitrogens with one attached hydrogen (secondary N) is 1. The number of sulfone groups is 1. The lowest BCUT2D eigenvalue weighted by Crippen LogP contribution is -2.16. The van der Waals surface area contributed by atoms with Crippen LogP contribution in [-0.4, -0.2) is 35.6 Å². The lowest BCUT2D eigenvalue weighted by atomic mass is 10.1. The summed E-state index contributed by atoms with van der Waals surface area (Å²) in [6.07, 6.45) is -2.75. The molecule has 0 saturated carbocycles. The highest BCUT2D eigenvalue weighted by molar-refractivity contribution is 7.89. The van der Waals surface area contributed by atoms with Gasteiger partial charge in [0.05, 0.1) is 23.2 Å². The maximum Gasteiger partial charge on any atom is 0.418 e. The lowest BCUT2D eigenvalue weighted by molar-refractivity contribution is -0.137. The van der Waals surface area contributed by atoms with Crippen LogP contribution in [-0.2, 0) is 21.8 Å². The fourth-order valence-corrected chi connectivity index (χ4v) is 3.49. The van der Waals surface area contributed by atoms with Gasteiger partial charge in [-0.3, -0.25) is 4.79 Å². The molecule has 0 aliphatic carbocycles. The molecule has 30 heavy (non-hydrogen) atoms. The number of amides is 1. The second-order valence-corrected chi connectivity index (χ2v) is 8.49. The minimum Gasteiger partial charge on any atom is -0.320 e. The Labute approximate surface area is 168 Å². The van der Waals surface area contributed by atoms with E-state index < -0.39 is 39.1 Å². The summed E-state index contributed by atoms with van der Waals surface area (Å²) in [6, 6.07) is 8.22. The average molecular weight is 442 g/mol. The molecule has 0 aliphatic rings. The summed E-state index contributed by atoms with van der Waals surface area (Å²) in [7, 11) is -3.60. The summed E-state index contributed by atoms with van der Waals surface area (Å²) in [5.74, 6) is -2.38. The van der Waals surface area contributed by atoms with E-state index in [1.54, 1.807) is 0 Å². The normalized spacial score (nSPS) is 12.0. The van der Waals surface area contributed by atoms with Gasteiger partial charge in [-0.25, -0.2) is 17.5 Å². The van der Waals surface area contributed by atoms with E-state index in [1.165, 1.54) is 24.3 Å². The number of rotatable bonds is 5. The van der Waals surface area contributed by atoms with Crippen molar-refractivity contribution in [2.75, 3.05) is 11.6 Å². The molecule has 0 unspecified atom stereocenters. The summed E-state index contributed by atoms with van der Waals surface area (Å²) in [6.45, 7) is 0. The molecule has 0 spiro atoms. The molecular weight excluding hydrogens is 428 g/mol. The SMILES string of the molecule is CS(=O)(=O)Cc1c(F)cccc1NC(=O)c1cn(-c2ccccc2C(F)(F)F)nn1. The molecular formula is C18H14F4N4O3S. The van der Waals surface area contributed by atoms with Crippen molar-refractivity contribution < 1.29 is 30.8 Å². The quantitative estimate of drug-likeness (QED) is 0.613. The molecule has 158 valence electrons. The second-order valence-electron chi connectivity index (χ2n) is 6.35. The Morgan fingerprint density at radius 1 is 1.13 bits per heavy atom. The first-order chi connectivity index (χ1) is 14.0. The number of carbonyl (C=O) groups is 1. The van der Waals surface area contributed by atoms with Gasteiger partial charge in [-0.1, -0.05) is 23.4 Å². The average Bonchev–Trinajstić information content (AvgIpc) is 3.13. The summed E-state index contributed by atoms with van der Waals surface area (Å²) in [5, 5.41) is 9.44. The molecule has 0 aliphatic heterocycles. The van der Waals surface area contributed by atoms with Gasteiger partial charge in [0.1, 0.15) is 5.82 Å². The number of carbonyl (C=O) groups excluding carboxylic acids is 1. The van der Waals surface area contributed by atoms with Gasteiger partial charge in [-0.15, -0.1) is 5.10 Å². The van der Waals surface area contributed by atoms with E-state index in [0.717, 1.165) is 35.3 Å². The second kappa shape index (κ2) is 7.86. The molecule has 0 atom stereocenters. The summed E-state index contributed by atoms with van der Waals surface area (Å²) in [4.78, 5) is 12.4. The highest BCUT2D eigenvalue weighted by atomic mass is 32.2. The standard InChI is InChI=1S/C18H14F4N4O3S/c1-30(28,29)10-11-13(19)6-4-7-14(11)23-17(27)15-9-26(25-24-15)16-8-3-2-5-12(16)18(20,21)22/h2-9H,10H2,1H3,(H,23,27). The lowest BCUT2D eigenvalue weighted by Gasteiger charge is -2.11. The third-order valence-electron chi connectivity index (χ3n) is 3.96. The monoisotopic (exact) mass is 442 g/mol. The van der Waals surface area contributed by atoms with Crippen LogP contribution in [0.5, 0.6) is 0 Å². The van der Waals surface area contributed by atoms with Crippen LogP contribution in [0.1, 0.15) is 21.6 Å². The van der Waals surface area contributed by atoms with Crippen LogP contribution >= 0.6 is 0 Å². The van der Waals surface area contributed by atoms with Gasteiger partial charge < -0.3 is 5.32 Å². The highest BCUT2D eigenvalue weighted by Gasteiger charge is 2.34. The van der Waals surface area contributed by atoms with Crippen LogP contribution in [0.15, 0.2) is 48.7 Å². The van der Waals surface area contributed by atoms with Crippen LogP contribution < -0.4 is 5.32 Å². The van der Waals surface area contributed by atoms with E-state index in [0.29, 0.717) is 0 Å². The smallest absolute Gasteiger partial charge is 0.320 e. The van der Waals surface area contributed by atoms with Crippen molar-refractivity contribution in [3.8, 4) is 5.69 Å². The van der Waals surface area contributed by atoms with Crippen LogP contribution in [0.4, 0.5) is 23.2 Å². The maximum atomic E-state index is 14.1. The molecule has 0 bridgehead atoms. The van der Waals surface area contributed by atoms with Gasteiger partial charge in [-0.05, 0) is 24.3 Å². The Bertz CT molecular complexity index is 1210. The Kier molecular flexibility index (Phi) is 5.61. The number of para-hydroxylation sites is 1. The van der Waals surface area contributed by atoms with Gasteiger partial charge in [0, 0.05) is 17.5 Å². The Hall–Kier alpha value is -3.28. The number of aromatic nitrogens is 3. The number of nitrogens with zero attached hydrogens (tertiary/aromatic N) is 3. The largest absolute Gasteiger partial charge is 0.418 e. The molecule has 1 heterocycles. The van der Waals surface area contributed by atoms with E-state index in [-0.39, 0.29) is 22.6 Å². The molecule has 0 fully saturated rings. The van der Waals surface area contributed by atoms with E-state index in [9.17, 15) is 30.8 Å². The number of benzene rings is 2. The van der Waals surface area contributed by atoms with Crippen molar-refractivity contribution in [3.05, 3.63) is 71.3 Å². The molecule has 0 radical (unpaired) electrons. The van der Waals surface area contributed by atoms with Gasteiger partial charge in [0.25, 0.3) is 5.91 Å². The third-order valence-corrected chi connectivity index (χ3v) is 4.77. The Morgan fingerprint density at radius 3 is 2.50 bits per heavy atom. The van der Waals surface area contributed by atoms with Gasteiger partial charge in [0.2, 0.25) is 0 Å². The summed E-state index contributed by atoms with van der Waals surface area (Å²) in [5.41, 5.74) is -2.00. The molecule has 1 N–H and O–H groups in total. The molecule has 7 nitrogen and oxygen atoms in total. The molecule has 2 aromatic carbocycles. The summed E-state index contributed by atoms with van der Waals surface area (Å²) >= 11 is 0. The minimum atomic E-state index is -4.65. The van der Waals surface area contributed by atoms with Crippen molar-refractivity contribution in [3.63, 3.8) is 0 Å². The van der Waals surface area contributed by atoms with E-state index in [4.69, 9.17) is 0 Å². The first-order valence-corrected chi connectivity index (χ1v) is 10.4. The zero-order valence-electron chi connectivity index (χ0n) is 15.3. The van der Waals surface area contributed by atoms with Crippen LogP contribution in [0.3, 0.4) is 0 Å². The third kappa shape index (κ3) is 4.82. The highest BCUT2D eigenvalue weighted by Crippen LogP contribution is 2.33. The zero-order chi connectivity index (χ0) is 22.1. The van der Waals surface area contributed by atoms with E-state index in [1.807, 2.05) is 0 Å². The predicted octanol–water partition coefficient (Wildman–Crippen LogP) is 3.22. The fourth-order valence-electron chi connectivity index (χ4n) is 2.67. The molecule has 1 aromatic heterocycles. The maximum absolute atomic E-state index is 14.1. The van der Waals surface area contributed by atoms with Crippen molar-refractivity contribution in [2.24, 2.45) is 0 Å². The number of hydrogen-bond acceptors (Lipinski definition) is 5. The molecule has 1 amide bonds. The number of alkyl halides is 3. The number of anilines is 1. The van der Waals surface area contributed by atoms with Crippen LogP contribution in [0, 0.1) is 5.82 Å². The minimum absolute atomic E-state index is 0.101. The van der Waals surface area contributed by atoms with Gasteiger partial charge >= 0.3 is 6.18 Å². The Balaban J connectivity index is 1.91. The first-order valence-electron chi connectivity index (χ1n) is 8.31. The van der Waals surface area contributed by atoms with Crippen LogP contribution in [0.25, 0.3) is 5.69 Å². The topological polar surface area (TPSA) is 94.0 Å². The molecule has 3 rings (SSSR count). The zero-order valence-corrected chi connectivity index (χ0v) is 16.1. The summed E-state index contributed by atoms with van der Waals surface area (Å²) < 4.78 is 77.5. The van der Waals surface area contributed by atoms with Gasteiger partial charge in [0.15, 0.2) is 15.5 Å². The van der Waals surface area contributed by atoms with Crippen molar-refractivity contribution >= 4 is 21.4 Å². The van der Waals surface area contributed by atoms with Crippen molar-refractivity contribution in [2.45, 2.75) is 11.9 Å². The fraction of sp³-hybridized carbons (Fsp3) is 0.167. The van der Waals surface area contributed by atoms with Gasteiger partial charge in [-0.2, -0.15) is 13.2 Å². The van der Waals surface area contributed by atoms with Crippen molar-refractivity contribution in [1.82, 2.24) is 15.0 Å². The van der Waals surface area contributed by atoms with E-state index in [2.05, 4.69) is 15.6 Å². The molecule has 0 saturated heterocycles. The van der Waals surface area contributed by atoms with Crippen molar-refractivity contribution in [1.29, 1.82) is 0 Å². The van der Waals surface area contributed by atoms with Crippen LogP contribution in [0.2, 0.25) is 0 Å². The van der Waals surface area contributed by atoms with E-state index >= 15 is 0 Å². The number of hydrogen-bond donors (Lipinski definition) is 1. The predicted molar refractivity (Wildman–Crippen MR) is 99.3 cm³/mol. The Morgan fingerprint density at radius 2 is 1.83 bits per heavy atom. The first kappa shape index (κ1) is 21.4. The number of halogens is 4. The molecule has 3 aromatic rings. The molecule has 12 heteroatoms.